The second-order valence-electron chi connectivity index (χ2n) is 6.89. The lowest BCUT2D eigenvalue weighted by molar-refractivity contribution is 0.174. The molecule has 1 unspecified atom stereocenters. The molecule has 0 amide bonds. The van der Waals surface area contributed by atoms with Gasteiger partial charge in [0.1, 0.15) is 0 Å². The maximum atomic E-state index is 5.70. The van der Waals surface area contributed by atoms with Crippen LogP contribution in [0.2, 0.25) is 0 Å². The van der Waals surface area contributed by atoms with Gasteiger partial charge in [-0.15, -0.1) is 0 Å². The topological polar surface area (TPSA) is 47.7 Å². The summed E-state index contributed by atoms with van der Waals surface area (Å²) in [6.45, 7) is 8.38. The molecule has 4 nitrogen and oxygen atoms in total. The number of benzene rings is 2. The van der Waals surface area contributed by atoms with E-state index in [2.05, 4.69) is 55.1 Å². The second kappa shape index (κ2) is 8.37. The van der Waals surface area contributed by atoms with Gasteiger partial charge in [-0.1, -0.05) is 50.6 Å². The van der Waals surface area contributed by atoms with E-state index in [0.29, 0.717) is 19.3 Å². The third kappa shape index (κ3) is 4.74. The fraction of sp³-hybridized carbons (Fsp3) is 0.429. The quantitative estimate of drug-likeness (QED) is 0.791. The van der Waals surface area contributed by atoms with Crippen molar-refractivity contribution in [1.29, 1.82) is 0 Å². The molecule has 1 aliphatic heterocycles. The molecule has 0 saturated heterocycles. The largest absolute Gasteiger partial charge is 0.454 e. The molecule has 0 aliphatic carbocycles. The van der Waals surface area contributed by atoms with Crippen LogP contribution in [0.3, 0.4) is 0 Å². The first-order valence-corrected chi connectivity index (χ1v) is 9.06. The number of nitrogens with two attached hydrogens (primary N) is 1. The molecule has 0 aromatic heterocycles. The number of nitrogens with zero attached hydrogens (tertiary/aromatic N) is 1. The molecule has 134 valence electrons. The van der Waals surface area contributed by atoms with Gasteiger partial charge in [0, 0.05) is 26.2 Å². The third-order valence-corrected chi connectivity index (χ3v) is 4.77. The molecule has 1 heterocycles. The zero-order chi connectivity index (χ0) is 17.6. The minimum atomic E-state index is 0.322. The standard InChI is InChI=1S/C21H28N2O2/c1-3-16(2)12-23(13-18-6-4-17(11-22)5-7-18)14-19-8-9-20-21(10-19)25-15-24-20/h4-10,16H,3,11-15,22H2,1-2H3. The van der Waals surface area contributed by atoms with Crippen LogP contribution < -0.4 is 15.2 Å². The van der Waals surface area contributed by atoms with E-state index in [9.17, 15) is 0 Å². The maximum Gasteiger partial charge on any atom is 0.231 e. The van der Waals surface area contributed by atoms with Crippen molar-refractivity contribution in [2.75, 3.05) is 13.3 Å². The summed E-state index contributed by atoms with van der Waals surface area (Å²) in [5, 5.41) is 0. The van der Waals surface area contributed by atoms with Crippen LogP contribution in [0.1, 0.15) is 37.0 Å². The van der Waals surface area contributed by atoms with E-state index in [1.54, 1.807) is 0 Å². The van der Waals surface area contributed by atoms with E-state index in [4.69, 9.17) is 15.2 Å². The zero-order valence-corrected chi connectivity index (χ0v) is 15.2. The Bertz CT molecular complexity index is 685. The lowest BCUT2D eigenvalue weighted by atomic mass is 10.1. The van der Waals surface area contributed by atoms with Crippen LogP contribution in [0.15, 0.2) is 42.5 Å². The van der Waals surface area contributed by atoms with Gasteiger partial charge in [0.15, 0.2) is 11.5 Å². The number of ether oxygens (including phenoxy) is 2. The van der Waals surface area contributed by atoms with Gasteiger partial charge in [0.2, 0.25) is 6.79 Å². The summed E-state index contributed by atoms with van der Waals surface area (Å²) in [5.74, 6) is 2.36. The Morgan fingerprint density at radius 2 is 1.60 bits per heavy atom. The summed E-state index contributed by atoms with van der Waals surface area (Å²) >= 11 is 0. The fourth-order valence-electron chi connectivity index (χ4n) is 3.09. The van der Waals surface area contributed by atoms with Gasteiger partial charge in [0.05, 0.1) is 0 Å². The number of rotatable bonds is 8. The normalized spacial score (nSPS) is 14.1. The van der Waals surface area contributed by atoms with Crippen molar-refractivity contribution in [3.05, 3.63) is 59.2 Å². The molecule has 3 rings (SSSR count). The van der Waals surface area contributed by atoms with Gasteiger partial charge in [-0.2, -0.15) is 0 Å². The molecule has 4 heteroatoms. The lowest BCUT2D eigenvalue weighted by Gasteiger charge is -2.25. The highest BCUT2D eigenvalue weighted by Gasteiger charge is 2.16. The van der Waals surface area contributed by atoms with E-state index >= 15 is 0 Å². The number of hydrogen-bond acceptors (Lipinski definition) is 4. The Morgan fingerprint density at radius 3 is 2.32 bits per heavy atom. The van der Waals surface area contributed by atoms with Crippen molar-refractivity contribution < 1.29 is 9.47 Å². The van der Waals surface area contributed by atoms with Crippen molar-refractivity contribution >= 4 is 0 Å². The first kappa shape index (κ1) is 17.8. The Balaban J connectivity index is 1.71. The highest BCUT2D eigenvalue weighted by molar-refractivity contribution is 5.44. The van der Waals surface area contributed by atoms with Crippen molar-refractivity contribution in [1.82, 2.24) is 4.90 Å². The Morgan fingerprint density at radius 1 is 0.960 bits per heavy atom. The van der Waals surface area contributed by atoms with Crippen LogP contribution in [-0.4, -0.2) is 18.2 Å². The van der Waals surface area contributed by atoms with Crippen molar-refractivity contribution in [3.63, 3.8) is 0 Å². The Labute approximate surface area is 150 Å². The van der Waals surface area contributed by atoms with Crippen LogP contribution in [0.4, 0.5) is 0 Å². The molecule has 1 atom stereocenters. The van der Waals surface area contributed by atoms with Crippen LogP contribution in [0.25, 0.3) is 0 Å². The molecule has 25 heavy (non-hydrogen) atoms. The Hall–Kier alpha value is -2.04. The fourth-order valence-corrected chi connectivity index (χ4v) is 3.09. The van der Waals surface area contributed by atoms with Crippen molar-refractivity contribution in [3.8, 4) is 11.5 Å². The maximum absolute atomic E-state index is 5.70. The van der Waals surface area contributed by atoms with E-state index in [1.165, 1.54) is 23.1 Å². The highest BCUT2D eigenvalue weighted by Crippen LogP contribution is 2.33. The molecule has 0 bridgehead atoms. The van der Waals surface area contributed by atoms with Gasteiger partial charge in [-0.3, -0.25) is 4.90 Å². The average Bonchev–Trinajstić information content (AvgIpc) is 3.10. The first-order chi connectivity index (χ1) is 12.2. The van der Waals surface area contributed by atoms with Crippen molar-refractivity contribution in [2.24, 2.45) is 11.7 Å². The number of hydrogen-bond donors (Lipinski definition) is 1. The zero-order valence-electron chi connectivity index (χ0n) is 15.2. The highest BCUT2D eigenvalue weighted by atomic mass is 16.7. The van der Waals surface area contributed by atoms with E-state index in [0.717, 1.165) is 31.1 Å². The molecule has 0 spiro atoms. The molecule has 2 aromatic carbocycles. The molecule has 2 aromatic rings. The SMILES string of the molecule is CCC(C)CN(Cc1ccc(CN)cc1)Cc1ccc2c(c1)OCO2. The van der Waals surface area contributed by atoms with Gasteiger partial charge >= 0.3 is 0 Å². The molecule has 0 saturated carbocycles. The molecule has 0 radical (unpaired) electrons. The summed E-state index contributed by atoms with van der Waals surface area (Å²) in [4.78, 5) is 2.50. The summed E-state index contributed by atoms with van der Waals surface area (Å²) in [5.41, 5.74) is 9.45. The molecular formula is C21H28N2O2. The van der Waals surface area contributed by atoms with Crippen molar-refractivity contribution in [2.45, 2.75) is 39.9 Å². The molecular weight excluding hydrogens is 312 g/mol. The van der Waals surface area contributed by atoms with Gasteiger partial charge in [-0.25, -0.2) is 0 Å². The number of fused-ring (bicyclic) bond motifs is 1. The van der Waals surface area contributed by atoms with E-state index in [-0.39, 0.29) is 0 Å². The predicted octanol–water partition coefficient (Wildman–Crippen LogP) is 3.92. The van der Waals surface area contributed by atoms with E-state index < -0.39 is 0 Å². The first-order valence-electron chi connectivity index (χ1n) is 9.06. The van der Waals surface area contributed by atoms with Gasteiger partial charge < -0.3 is 15.2 Å². The smallest absolute Gasteiger partial charge is 0.231 e. The van der Waals surface area contributed by atoms with Gasteiger partial charge in [-0.05, 0) is 34.7 Å². The molecule has 1 aliphatic rings. The van der Waals surface area contributed by atoms with Crippen LogP contribution in [0.5, 0.6) is 11.5 Å². The monoisotopic (exact) mass is 340 g/mol. The molecule has 0 fully saturated rings. The van der Waals surface area contributed by atoms with E-state index in [1.807, 2.05) is 6.07 Å². The predicted molar refractivity (Wildman–Crippen MR) is 100 cm³/mol. The van der Waals surface area contributed by atoms with Crippen LogP contribution in [-0.2, 0) is 19.6 Å². The van der Waals surface area contributed by atoms with Crippen LogP contribution in [0, 0.1) is 5.92 Å². The third-order valence-electron chi connectivity index (χ3n) is 4.77. The Kier molecular flexibility index (Phi) is 5.95. The van der Waals surface area contributed by atoms with Gasteiger partial charge in [0.25, 0.3) is 0 Å². The summed E-state index contributed by atoms with van der Waals surface area (Å²) in [6.07, 6.45) is 1.18. The summed E-state index contributed by atoms with van der Waals surface area (Å²) in [6, 6.07) is 14.9. The lowest BCUT2D eigenvalue weighted by Crippen LogP contribution is -2.27. The molecule has 2 N–H and O–H groups in total. The summed E-state index contributed by atoms with van der Waals surface area (Å²) < 4.78 is 10.9. The minimum absolute atomic E-state index is 0.322. The average molecular weight is 340 g/mol. The minimum Gasteiger partial charge on any atom is -0.454 e. The second-order valence-corrected chi connectivity index (χ2v) is 6.89. The summed E-state index contributed by atoms with van der Waals surface area (Å²) in [7, 11) is 0. The van der Waals surface area contributed by atoms with Crippen LogP contribution >= 0.6 is 0 Å².